The number of benzene rings is 2. The summed E-state index contributed by atoms with van der Waals surface area (Å²) in [5.74, 6) is 0. The average Bonchev–Trinajstić information content (AvgIpc) is 2.68. The lowest BCUT2D eigenvalue weighted by Crippen LogP contribution is -1.94. The molecule has 0 amide bonds. The van der Waals surface area contributed by atoms with Crippen LogP contribution in [0.2, 0.25) is 0 Å². The summed E-state index contributed by atoms with van der Waals surface area (Å²) in [6.07, 6.45) is 9.61. The van der Waals surface area contributed by atoms with Gasteiger partial charge in [0.15, 0.2) is 0 Å². The van der Waals surface area contributed by atoms with Gasteiger partial charge in [-0.15, -0.1) is 0 Å². The Morgan fingerprint density at radius 2 is 1.27 bits per heavy atom. The summed E-state index contributed by atoms with van der Waals surface area (Å²) in [4.78, 5) is 0. The minimum absolute atomic E-state index is 0.691. The number of hydrogen-bond acceptors (Lipinski definition) is 2. The van der Waals surface area contributed by atoms with Crippen molar-refractivity contribution >= 4 is 0 Å². The van der Waals surface area contributed by atoms with E-state index < -0.39 is 0 Å². The highest BCUT2D eigenvalue weighted by atomic mass is 16.5. The van der Waals surface area contributed by atoms with Crippen molar-refractivity contribution in [2.45, 2.75) is 39.4 Å². The number of rotatable bonds is 12. The molecule has 0 unspecified atom stereocenters. The highest BCUT2D eigenvalue weighted by molar-refractivity contribution is 5.14. The van der Waals surface area contributed by atoms with Gasteiger partial charge in [-0.3, -0.25) is 0 Å². The summed E-state index contributed by atoms with van der Waals surface area (Å²) >= 11 is 0. The van der Waals surface area contributed by atoms with Crippen LogP contribution in [-0.4, -0.2) is 13.2 Å². The van der Waals surface area contributed by atoms with Crippen LogP contribution in [0, 0.1) is 0 Å². The first-order valence-electron chi connectivity index (χ1n) is 9.38. The van der Waals surface area contributed by atoms with Gasteiger partial charge in [-0.25, -0.2) is 0 Å². The Bertz CT molecular complexity index is 644. The van der Waals surface area contributed by atoms with Crippen molar-refractivity contribution in [1.82, 2.24) is 0 Å². The van der Waals surface area contributed by atoms with Crippen LogP contribution in [0.4, 0.5) is 0 Å². The van der Waals surface area contributed by atoms with E-state index in [4.69, 9.17) is 9.47 Å². The van der Waals surface area contributed by atoms with Crippen LogP contribution in [0.3, 0.4) is 0 Å². The molecule has 0 heterocycles. The van der Waals surface area contributed by atoms with Crippen LogP contribution in [0.15, 0.2) is 84.5 Å². The summed E-state index contributed by atoms with van der Waals surface area (Å²) in [6, 6.07) is 20.6. The molecule has 2 aromatic rings. The van der Waals surface area contributed by atoms with Gasteiger partial charge in [0.2, 0.25) is 0 Å². The molecule has 0 N–H and O–H groups in total. The van der Waals surface area contributed by atoms with Gasteiger partial charge in [-0.2, -0.15) is 0 Å². The second kappa shape index (κ2) is 13.1. The molecule has 2 heteroatoms. The van der Waals surface area contributed by atoms with E-state index in [-0.39, 0.29) is 0 Å². The van der Waals surface area contributed by atoms with Crippen molar-refractivity contribution in [3.05, 3.63) is 95.6 Å². The number of hydrogen-bond donors (Lipinski definition) is 0. The van der Waals surface area contributed by atoms with Crippen molar-refractivity contribution in [2.24, 2.45) is 0 Å². The lowest BCUT2D eigenvalue weighted by molar-refractivity contribution is 0.125. The fourth-order valence-electron chi connectivity index (χ4n) is 2.54. The Balaban J connectivity index is 1.47. The van der Waals surface area contributed by atoms with Crippen LogP contribution in [-0.2, 0) is 22.7 Å². The van der Waals surface area contributed by atoms with Crippen molar-refractivity contribution < 1.29 is 9.47 Å². The largest absolute Gasteiger partial charge is 0.376 e. The third-order valence-electron chi connectivity index (χ3n) is 4.01. The minimum Gasteiger partial charge on any atom is -0.376 e. The Morgan fingerprint density at radius 1 is 0.731 bits per heavy atom. The van der Waals surface area contributed by atoms with Gasteiger partial charge in [0.05, 0.1) is 26.4 Å². The van der Waals surface area contributed by atoms with Gasteiger partial charge in [0.25, 0.3) is 0 Å². The second-order valence-corrected chi connectivity index (χ2v) is 6.38. The zero-order valence-corrected chi connectivity index (χ0v) is 15.8. The van der Waals surface area contributed by atoms with E-state index in [2.05, 4.69) is 49.4 Å². The van der Waals surface area contributed by atoms with Gasteiger partial charge < -0.3 is 9.47 Å². The zero-order chi connectivity index (χ0) is 18.3. The molecule has 0 aromatic heterocycles. The maximum atomic E-state index is 5.70. The molecule has 0 fully saturated rings. The predicted molar refractivity (Wildman–Crippen MR) is 109 cm³/mol. The quantitative estimate of drug-likeness (QED) is 0.340. The van der Waals surface area contributed by atoms with Crippen LogP contribution in [0.1, 0.15) is 37.3 Å². The molecule has 0 radical (unpaired) electrons. The fourth-order valence-corrected chi connectivity index (χ4v) is 2.54. The van der Waals surface area contributed by atoms with Crippen LogP contribution >= 0.6 is 0 Å². The first-order valence-corrected chi connectivity index (χ1v) is 9.38. The Kier molecular flexibility index (Phi) is 10.2. The van der Waals surface area contributed by atoms with Crippen molar-refractivity contribution in [1.29, 1.82) is 0 Å². The molecule has 0 bridgehead atoms. The highest BCUT2D eigenvalue weighted by Crippen LogP contribution is 2.06. The third kappa shape index (κ3) is 9.36. The molecule has 0 aliphatic carbocycles. The SMILES string of the molecule is C/C(=C\CCOCc1ccccc1)CC=CCCOCc1ccccc1. The average molecular weight is 351 g/mol. The molecular formula is C24H30O2. The Labute approximate surface area is 158 Å². The van der Waals surface area contributed by atoms with E-state index in [1.807, 2.05) is 36.4 Å². The van der Waals surface area contributed by atoms with E-state index in [0.717, 1.165) is 32.5 Å². The molecule has 2 aromatic carbocycles. The standard InChI is InChI=1S/C24H30O2/c1-22(13-11-19-26-21-24-16-8-3-9-17-24)12-5-4-10-18-25-20-23-14-6-2-7-15-23/h2-9,13-17H,10-12,18-21H2,1H3/b5-4?,22-13+. The van der Waals surface area contributed by atoms with Crippen LogP contribution < -0.4 is 0 Å². The molecule has 0 saturated heterocycles. The normalized spacial score (nSPS) is 12.0. The third-order valence-corrected chi connectivity index (χ3v) is 4.01. The molecular weight excluding hydrogens is 320 g/mol. The summed E-state index contributed by atoms with van der Waals surface area (Å²) in [5, 5.41) is 0. The summed E-state index contributed by atoms with van der Waals surface area (Å²) in [6.45, 7) is 5.09. The topological polar surface area (TPSA) is 18.5 Å². The lowest BCUT2D eigenvalue weighted by Gasteiger charge is -2.03. The second-order valence-electron chi connectivity index (χ2n) is 6.38. The molecule has 26 heavy (non-hydrogen) atoms. The summed E-state index contributed by atoms with van der Waals surface area (Å²) in [7, 11) is 0. The van der Waals surface area contributed by atoms with Crippen LogP contribution in [0.5, 0.6) is 0 Å². The van der Waals surface area contributed by atoms with Crippen molar-refractivity contribution in [3.8, 4) is 0 Å². The molecule has 0 saturated carbocycles. The summed E-state index contributed by atoms with van der Waals surface area (Å²) < 4.78 is 11.4. The molecule has 2 nitrogen and oxygen atoms in total. The van der Waals surface area contributed by atoms with Crippen LogP contribution in [0.25, 0.3) is 0 Å². The van der Waals surface area contributed by atoms with Gasteiger partial charge in [-0.1, -0.05) is 84.5 Å². The van der Waals surface area contributed by atoms with Crippen molar-refractivity contribution in [2.75, 3.05) is 13.2 Å². The smallest absolute Gasteiger partial charge is 0.0717 e. The maximum absolute atomic E-state index is 5.70. The minimum atomic E-state index is 0.691. The molecule has 0 spiro atoms. The molecule has 0 aliphatic rings. The zero-order valence-electron chi connectivity index (χ0n) is 15.8. The fraction of sp³-hybridized carbons (Fsp3) is 0.333. The number of allylic oxidation sites excluding steroid dienone is 2. The highest BCUT2D eigenvalue weighted by Gasteiger charge is 1.92. The Morgan fingerprint density at radius 3 is 1.85 bits per heavy atom. The van der Waals surface area contributed by atoms with E-state index >= 15 is 0 Å². The van der Waals surface area contributed by atoms with Crippen molar-refractivity contribution in [3.63, 3.8) is 0 Å². The molecule has 0 aliphatic heterocycles. The maximum Gasteiger partial charge on any atom is 0.0717 e. The van der Waals surface area contributed by atoms with Gasteiger partial charge >= 0.3 is 0 Å². The van der Waals surface area contributed by atoms with Gasteiger partial charge in [0, 0.05) is 0 Å². The van der Waals surface area contributed by atoms with Gasteiger partial charge in [0.1, 0.15) is 0 Å². The van der Waals surface area contributed by atoms with E-state index in [1.54, 1.807) is 0 Å². The first kappa shape index (κ1) is 20.2. The van der Waals surface area contributed by atoms with Gasteiger partial charge in [-0.05, 0) is 37.3 Å². The van der Waals surface area contributed by atoms with E-state index in [0.29, 0.717) is 13.2 Å². The number of ether oxygens (including phenoxy) is 2. The Hall–Kier alpha value is -2.16. The summed E-state index contributed by atoms with van der Waals surface area (Å²) in [5.41, 5.74) is 3.84. The van der Waals surface area contributed by atoms with E-state index in [9.17, 15) is 0 Å². The monoisotopic (exact) mass is 350 g/mol. The first-order chi connectivity index (χ1) is 12.8. The predicted octanol–water partition coefficient (Wildman–Crippen LogP) is 6.09. The van der Waals surface area contributed by atoms with E-state index in [1.165, 1.54) is 16.7 Å². The molecule has 2 rings (SSSR count). The molecule has 0 atom stereocenters. The lowest BCUT2D eigenvalue weighted by atomic mass is 10.1. The molecule has 138 valence electrons.